The van der Waals surface area contributed by atoms with Gasteiger partial charge in [0.2, 0.25) is 5.95 Å². The van der Waals surface area contributed by atoms with E-state index < -0.39 is 0 Å². The van der Waals surface area contributed by atoms with Crippen LogP contribution in [0.3, 0.4) is 0 Å². The van der Waals surface area contributed by atoms with Gasteiger partial charge in [0.1, 0.15) is 0 Å². The van der Waals surface area contributed by atoms with Crippen molar-refractivity contribution in [2.24, 2.45) is 0 Å². The smallest absolute Gasteiger partial charge is 0.238 e. The van der Waals surface area contributed by atoms with E-state index in [1.54, 1.807) is 0 Å². The topological polar surface area (TPSA) is 43.6 Å². The van der Waals surface area contributed by atoms with Gasteiger partial charge >= 0.3 is 0 Å². The molecule has 9 aromatic rings. The average molecular weight is 549 g/mol. The lowest BCUT2D eigenvalue weighted by Gasteiger charge is -2.13. The van der Waals surface area contributed by atoms with E-state index in [4.69, 9.17) is 15.0 Å². The molecule has 0 saturated heterocycles. The Balaban J connectivity index is 1.41. The van der Waals surface area contributed by atoms with E-state index >= 15 is 0 Å². The van der Waals surface area contributed by atoms with Crippen LogP contribution >= 0.6 is 0 Å². The molecule has 0 bridgehead atoms. The molecule has 4 nitrogen and oxygen atoms in total. The lowest BCUT2D eigenvalue weighted by molar-refractivity contribution is 0.954. The van der Waals surface area contributed by atoms with Crippen LogP contribution in [0.25, 0.3) is 82.8 Å². The first kappa shape index (κ1) is 23.8. The molecule has 4 heteroatoms. The van der Waals surface area contributed by atoms with Crippen molar-refractivity contribution in [2.75, 3.05) is 0 Å². The van der Waals surface area contributed by atoms with Gasteiger partial charge in [0, 0.05) is 21.9 Å². The average Bonchev–Trinajstić information content (AvgIpc) is 3.43. The quantitative estimate of drug-likeness (QED) is 0.206. The van der Waals surface area contributed by atoms with Gasteiger partial charge in [-0.3, -0.25) is 4.57 Å². The summed E-state index contributed by atoms with van der Waals surface area (Å²) >= 11 is 0. The number of nitrogens with zero attached hydrogens (tertiary/aromatic N) is 4. The first-order valence-electron chi connectivity index (χ1n) is 14.5. The molecular formula is C39H24N4. The van der Waals surface area contributed by atoms with Crippen molar-refractivity contribution in [1.29, 1.82) is 0 Å². The molecule has 0 unspecified atom stereocenters. The van der Waals surface area contributed by atoms with Crippen LogP contribution in [0.2, 0.25) is 0 Å². The van der Waals surface area contributed by atoms with E-state index in [9.17, 15) is 0 Å². The predicted molar refractivity (Wildman–Crippen MR) is 178 cm³/mol. The Labute approximate surface area is 247 Å². The molecule has 0 atom stereocenters. The molecule has 0 spiro atoms. The molecule has 7 aromatic carbocycles. The van der Waals surface area contributed by atoms with Crippen LogP contribution in [-0.2, 0) is 0 Å². The van der Waals surface area contributed by atoms with Gasteiger partial charge in [-0.25, -0.2) is 4.98 Å². The van der Waals surface area contributed by atoms with Crippen LogP contribution in [0.1, 0.15) is 0 Å². The zero-order valence-electron chi connectivity index (χ0n) is 23.1. The van der Waals surface area contributed by atoms with Crippen molar-refractivity contribution in [3.8, 4) is 28.7 Å². The van der Waals surface area contributed by atoms with Gasteiger partial charge < -0.3 is 0 Å². The fourth-order valence-corrected chi connectivity index (χ4v) is 6.50. The highest BCUT2D eigenvalue weighted by Gasteiger charge is 2.20. The summed E-state index contributed by atoms with van der Waals surface area (Å²) in [5, 5.41) is 9.47. The van der Waals surface area contributed by atoms with Crippen molar-refractivity contribution in [3.05, 3.63) is 146 Å². The SMILES string of the molecule is c1ccc(-c2nc(-c3cc4ccccc4c4ccccc34)nc(-n3c4ccccc4c4c5ccccc5ccc43)n2)cc1. The molecule has 0 fully saturated rings. The van der Waals surface area contributed by atoms with Crippen molar-refractivity contribution in [1.82, 2.24) is 19.5 Å². The number of aromatic nitrogens is 4. The normalized spacial score (nSPS) is 11.7. The van der Waals surface area contributed by atoms with Gasteiger partial charge in [-0.2, -0.15) is 9.97 Å². The Kier molecular flexibility index (Phi) is 5.16. The molecule has 0 aliphatic rings. The number of fused-ring (bicyclic) bond motifs is 8. The molecule has 43 heavy (non-hydrogen) atoms. The third-order valence-corrected chi connectivity index (χ3v) is 8.43. The van der Waals surface area contributed by atoms with E-state index in [1.807, 2.05) is 18.2 Å². The Hall–Kier alpha value is -5.87. The number of hydrogen-bond donors (Lipinski definition) is 0. The van der Waals surface area contributed by atoms with Gasteiger partial charge in [0.25, 0.3) is 0 Å². The summed E-state index contributed by atoms with van der Waals surface area (Å²) in [5.41, 5.74) is 4.07. The highest BCUT2D eigenvalue weighted by Crippen LogP contribution is 2.38. The fraction of sp³-hybridized carbons (Fsp3) is 0. The van der Waals surface area contributed by atoms with E-state index in [0.29, 0.717) is 17.6 Å². The lowest BCUT2D eigenvalue weighted by Crippen LogP contribution is -2.06. The van der Waals surface area contributed by atoms with Crippen LogP contribution in [0, 0.1) is 0 Å². The van der Waals surface area contributed by atoms with Crippen LogP contribution in [-0.4, -0.2) is 19.5 Å². The molecule has 0 radical (unpaired) electrons. The monoisotopic (exact) mass is 548 g/mol. The zero-order chi connectivity index (χ0) is 28.3. The number of rotatable bonds is 3. The molecule has 2 heterocycles. The molecule has 0 N–H and O–H groups in total. The van der Waals surface area contributed by atoms with Gasteiger partial charge in [-0.05, 0) is 50.5 Å². The lowest BCUT2D eigenvalue weighted by atomic mass is 9.97. The molecule has 200 valence electrons. The predicted octanol–water partition coefficient (Wildman–Crippen LogP) is 9.76. The van der Waals surface area contributed by atoms with Crippen LogP contribution in [0.5, 0.6) is 0 Å². The van der Waals surface area contributed by atoms with Crippen LogP contribution in [0.15, 0.2) is 146 Å². The number of hydrogen-bond acceptors (Lipinski definition) is 3. The Morgan fingerprint density at radius 1 is 0.395 bits per heavy atom. The zero-order valence-corrected chi connectivity index (χ0v) is 23.1. The molecular weight excluding hydrogens is 524 g/mol. The van der Waals surface area contributed by atoms with E-state index in [-0.39, 0.29) is 0 Å². The summed E-state index contributed by atoms with van der Waals surface area (Å²) in [6.45, 7) is 0. The van der Waals surface area contributed by atoms with Gasteiger partial charge in [-0.1, -0.05) is 127 Å². The maximum Gasteiger partial charge on any atom is 0.238 e. The van der Waals surface area contributed by atoms with Gasteiger partial charge in [0.15, 0.2) is 11.6 Å². The van der Waals surface area contributed by atoms with E-state index in [0.717, 1.165) is 32.9 Å². The second-order valence-electron chi connectivity index (χ2n) is 10.9. The Bertz CT molecular complexity index is 2510. The maximum atomic E-state index is 5.25. The standard InChI is InChI=1S/C39H24N4/c1-2-13-26(14-3-1)37-40-38(33-24-27-15-5-6-16-28(27)30-18-8-9-19-31(30)33)42-39(41-37)43-34-21-11-10-20-32(34)36-29-17-7-4-12-25(29)22-23-35(36)43/h1-24H. The first-order chi connectivity index (χ1) is 21.3. The van der Waals surface area contributed by atoms with Crippen molar-refractivity contribution in [3.63, 3.8) is 0 Å². The first-order valence-corrected chi connectivity index (χ1v) is 14.5. The molecule has 0 aliphatic carbocycles. The summed E-state index contributed by atoms with van der Waals surface area (Å²) in [5.74, 6) is 1.89. The second kappa shape index (κ2) is 9.33. The third kappa shape index (κ3) is 3.67. The highest BCUT2D eigenvalue weighted by molar-refractivity contribution is 6.21. The largest absolute Gasteiger partial charge is 0.278 e. The molecule has 0 aliphatic heterocycles. The van der Waals surface area contributed by atoms with Crippen LogP contribution < -0.4 is 0 Å². The summed E-state index contributed by atoms with van der Waals surface area (Å²) in [6, 6.07) is 50.9. The Morgan fingerprint density at radius 3 is 1.86 bits per heavy atom. The number of para-hydroxylation sites is 1. The van der Waals surface area contributed by atoms with Gasteiger partial charge in [0.05, 0.1) is 11.0 Å². The summed E-state index contributed by atoms with van der Waals surface area (Å²) < 4.78 is 2.19. The number of benzene rings is 7. The highest BCUT2D eigenvalue weighted by atomic mass is 15.2. The minimum Gasteiger partial charge on any atom is -0.278 e. The van der Waals surface area contributed by atoms with E-state index in [2.05, 4.69) is 132 Å². The van der Waals surface area contributed by atoms with Gasteiger partial charge in [-0.15, -0.1) is 0 Å². The van der Waals surface area contributed by atoms with Crippen LogP contribution in [0.4, 0.5) is 0 Å². The molecule has 0 saturated carbocycles. The maximum absolute atomic E-state index is 5.25. The molecule has 9 rings (SSSR count). The summed E-state index contributed by atoms with van der Waals surface area (Å²) in [6.07, 6.45) is 0. The third-order valence-electron chi connectivity index (χ3n) is 8.43. The summed E-state index contributed by atoms with van der Waals surface area (Å²) in [4.78, 5) is 15.5. The Morgan fingerprint density at radius 2 is 1.02 bits per heavy atom. The minimum atomic E-state index is 0.600. The summed E-state index contributed by atoms with van der Waals surface area (Å²) in [7, 11) is 0. The second-order valence-corrected chi connectivity index (χ2v) is 10.9. The van der Waals surface area contributed by atoms with Crippen molar-refractivity contribution >= 4 is 54.1 Å². The molecule has 0 amide bonds. The van der Waals surface area contributed by atoms with Crippen molar-refractivity contribution in [2.45, 2.75) is 0 Å². The van der Waals surface area contributed by atoms with Crippen molar-refractivity contribution < 1.29 is 0 Å². The van der Waals surface area contributed by atoms with E-state index in [1.165, 1.54) is 32.3 Å². The fourth-order valence-electron chi connectivity index (χ4n) is 6.50. The minimum absolute atomic E-state index is 0.600. The molecule has 2 aromatic heterocycles.